The van der Waals surface area contributed by atoms with E-state index in [1.807, 2.05) is 41.4 Å². The van der Waals surface area contributed by atoms with Crippen LogP contribution in [0.3, 0.4) is 0 Å². The number of hydrogen-bond acceptors (Lipinski definition) is 4. The van der Waals surface area contributed by atoms with E-state index in [0.717, 1.165) is 61.5 Å². The molecule has 1 amide bonds. The van der Waals surface area contributed by atoms with Crippen molar-refractivity contribution in [2.45, 2.75) is 30.6 Å². The minimum atomic E-state index is 0.0781. The van der Waals surface area contributed by atoms with Crippen LogP contribution in [0.2, 0.25) is 0 Å². The summed E-state index contributed by atoms with van der Waals surface area (Å²) in [7, 11) is 0. The lowest BCUT2D eigenvalue weighted by molar-refractivity contribution is -0.169. The number of rotatable bonds is 4. The van der Waals surface area contributed by atoms with E-state index in [-0.39, 0.29) is 11.5 Å². The first-order chi connectivity index (χ1) is 12.7. The molecule has 0 N–H and O–H groups in total. The summed E-state index contributed by atoms with van der Waals surface area (Å²) in [6, 6.07) is 12.0. The lowest BCUT2D eigenvalue weighted by Crippen LogP contribution is -2.53. The van der Waals surface area contributed by atoms with Crippen molar-refractivity contribution in [2.75, 3.05) is 26.0 Å². The van der Waals surface area contributed by atoms with Crippen molar-refractivity contribution < 1.29 is 9.53 Å². The van der Waals surface area contributed by atoms with Crippen LogP contribution in [-0.2, 0) is 10.5 Å². The number of nitrogens with zero attached hydrogens (tertiary/aromatic N) is 2. The number of piperidine rings is 1. The Morgan fingerprint density at radius 3 is 2.42 bits per heavy atom. The van der Waals surface area contributed by atoms with Gasteiger partial charge in [0.25, 0.3) is 5.91 Å². The Bertz CT molecular complexity index is 760. The maximum Gasteiger partial charge on any atom is 0.253 e. The summed E-state index contributed by atoms with van der Waals surface area (Å²) in [5.41, 5.74) is 4.03. The van der Waals surface area contributed by atoms with Crippen molar-refractivity contribution in [1.29, 1.82) is 0 Å². The van der Waals surface area contributed by atoms with Crippen LogP contribution in [0.25, 0.3) is 11.3 Å². The van der Waals surface area contributed by atoms with Gasteiger partial charge in [-0.05, 0) is 49.3 Å². The standard InChI is InChI=1S/C21H24N2O2S/c1-26-15-16-2-7-19(22-14-16)17-3-5-18(6-4-17)20(24)23-11-8-21(9-12-23)10-13-25-21/h2-7,14H,8-13,15H2,1H3. The molecule has 2 aromatic rings. The SMILES string of the molecule is CSCc1ccc(-c2ccc(C(=O)N3CCC4(CCO4)CC3)cc2)nc1. The zero-order valence-electron chi connectivity index (χ0n) is 15.1. The largest absolute Gasteiger partial charge is 0.375 e. The van der Waals surface area contributed by atoms with Gasteiger partial charge in [0.05, 0.1) is 17.9 Å². The Morgan fingerprint density at radius 1 is 1.15 bits per heavy atom. The Labute approximate surface area is 159 Å². The van der Waals surface area contributed by atoms with Gasteiger partial charge in [-0.2, -0.15) is 11.8 Å². The lowest BCUT2D eigenvalue weighted by Gasteiger charge is -2.47. The fourth-order valence-electron chi connectivity index (χ4n) is 3.72. The highest BCUT2D eigenvalue weighted by molar-refractivity contribution is 7.97. The zero-order valence-corrected chi connectivity index (χ0v) is 15.9. The number of benzene rings is 1. The average molecular weight is 369 g/mol. The molecular formula is C21H24N2O2S. The molecule has 0 atom stereocenters. The van der Waals surface area contributed by atoms with Crippen LogP contribution in [-0.4, -0.2) is 47.3 Å². The summed E-state index contributed by atoms with van der Waals surface area (Å²) in [6.45, 7) is 2.46. The predicted octanol–water partition coefficient (Wildman–Crippen LogP) is 4.01. The molecule has 0 aliphatic carbocycles. The molecule has 26 heavy (non-hydrogen) atoms. The highest BCUT2D eigenvalue weighted by atomic mass is 32.2. The predicted molar refractivity (Wildman–Crippen MR) is 105 cm³/mol. The fourth-order valence-corrected chi connectivity index (χ4v) is 4.22. The van der Waals surface area contributed by atoms with Gasteiger partial charge in [-0.15, -0.1) is 0 Å². The van der Waals surface area contributed by atoms with Crippen molar-refractivity contribution in [3.63, 3.8) is 0 Å². The molecular weight excluding hydrogens is 344 g/mol. The summed E-state index contributed by atoms with van der Waals surface area (Å²) >= 11 is 1.79. The van der Waals surface area contributed by atoms with Gasteiger partial charge in [0, 0.05) is 36.2 Å². The number of thioether (sulfide) groups is 1. The van der Waals surface area contributed by atoms with Crippen molar-refractivity contribution in [3.05, 3.63) is 53.7 Å². The molecule has 2 aliphatic heterocycles. The minimum Gasteiger partial charge on any atom is -0.375 e. The number of carbonyl (C=O) groups excluding carboxylic acids is 1. The number of likely N-dealkylation sites (tertiary alicyclic amines) is 1. The van der Waals surface area contributed by atoms with E-state index < -0.39 is 0 Å². The van der Waals surface area contributed by atoms with Gasteiger partial charge >= 0.3 is 0 Å². The summed E-state index contributed by atoms with van der Waals surface area (Å²) < 4.78 is 5.74. The summed E-state index contributed by atoms with van der Waals surface area (Å²) in [6.07, 6.45) is 7.08. The van der Waals surface area contributed by atoms with Gasteiger partial charge in [0.2, 0.25) is 0 Å². The van der Waals surface area contributed by atoms with Gasteiger partial charge in [0.15, 0.2) is 0 Å². The molecule has 0 radical (unpaired) electrons. The topological polar surface area (TPSA) is 42.4 Å². The van der Waals surface area contributed by atoms with Crippen LogP contribution in [0.1, 0.15) is 35.2 Å². The van der Waals surface area contributed by atoms with Gasteiger partial charge in [-0.1, -0.05) is 18.2 Å². The molecule has 1 spiro atoms. The third-order valence-electron chi connectivity index (χ3n) is 5.49. The highest BCUT2D eigenvalue weighted by Crippen LogP contribution is 2.37. The Balaban J connectivity index is 1.41. The maximum atomic E-state index is 12.7. The van der Waals surface area contributed by atoms with E-state index in [9.17, 15) is 4.79 Å². The van der Waals surface area contributed by atoms with Crippen LogP contribution in [0.15, 0.2) is 42.6 Å². The molecule has 2 fully saturated rings. The van der Waals surface area contributed by atoms with Crippen LogP contribution >= 0.6 is 11.8 Å². The number of amides is 1. The van der Waals surface area contributed by atoms with Gasteiger partial charge in [0.1, 0.15) is 0 Å². The molecule has 0 bridgehead atoms. The zero-order chi connectivity index (χ0) is 18.0. The fraction of sp³-hybridized carbons (Fsp3) is 0.429. The first-order valence-corrected chi connectivity index (χ1v) is 10.6. The number of pyridine rings is 1. The Hall–Kier alpha value is -1.85. The highest BCUT2D eigenvalue weighted by Gasteiger charge is 2.41. The van der Waals surface area contributed by atoms with E-state index in [4.69, 9.17) is 4.74 Å². The normalized spacial score (nSPS) is 18.6. The van der Waals surface area contributed by atoms with Crippen LogP contribution in [0.4, 0.5) is 0 Å². The van der Waals surface area contributed by atoms with Crippen molar-refractivity contribution in [3.8, 4) is 11.3 Å². The number of aromatic nitrogens is 1. The number of hydrogen-bond donors (Lipinski definition) is 0. The number of carbonyl (C=O) groups is 1. The molecule has 0 saturated carbocycles. The molecule has 5 heteroatoms. The molecule has 2 saturated heterocycles. The molecule has 4 nitrogen and oxygen atoms in total. The summed E-state index contributed by atoms with van der Waals surface area (Å²) in [4.78, 5) is 19.2. The van der Waals surface area contributed by atoms with Gasteiger partial charge in [-0.3, -0.25) is 9.78 Å². The van der Waals surface area contributed by atoms with E-state index in [2.05, 4.69) is 17.3 Å². The molecule has 2 aliphatic rings. The minimum absolute atomic E-state index is 0.0781. The smallest absolute Gasteiger partial charge is 0.253 e. The van der Waals surface area contributed by atoms with Crippen LogP contribution in [0.5, 0.6) is 0 Å². The Kier molecular flexibility index (Phi) is 5.00. The van der Waals surface area contributed by atoms with Crippen LogP contribution in [0, 0.1) is 0 Å². The van der Waals surface area contributed by atoms with E-state index in [1.165, 1.54) is 5.56 Å². The third kappa shape index (κ3) is 3.51. The van der Waals surface area contributed by atoms with Gasteiger partial charge < -0.3 is 9.64 Å². The quantitative estimate of drug-likeness (QED) is 0.818. The first kappa shape index (κ1) is 17.6. The molecule has 4 rings (SSSR count). The van der Waals surface area contributed by atoms with E-state index >= 15 is 0 Å². The van der Waals surface area contributed by atoms with E-state index in [1.54, 1.807) is 11.8 Å². The molecule has 1 aromatic carbocycles. The lowest BCUT2D eigenvalue weighted by atomic mass is 9.84. The van der Waals surface area contributed by atoms with Crippen LogP contribution < -0.4 is 0 Å². The molecule has 3 heterocycles. The second-order valence-electron chi connectivity index (χ2n) is 7.14. The van der Waals surface area contributed by atoms with Crippen molar-refractivity contribution in [2.24, 2.45) is 0 Å². The average Bonchev–Trinajstić information content (AvgIpc) is 2.67. The monoisotopic (exact) mass is 368 g/mol. The number of ether oxygens (including phenoxy) is 1. The van der Waals surface area contributed by atoms with Gasteiger partial charge in [-0.25, -0.2) is 0 Å². The molecule has 1 aromatic heterocycles. The maximum absolute atomic E-state index is 12.7. The third-order valence-corrected chi connectivity index (χ3v) is 6.11. The second-order valence-corrected chi connectivity index (χ2v) is 8.00. The summed E-state index contributed by atoms with van der Waals surface area (Å²) in [5, 5.41) is 0. The summed E-state index contributed by atoms with van der Waals surface area (Å²) in [5.74, 6) is 1.09. The van der Waals surface area contributed by atoms with Crippen molar-refractivity contribution in [1.82, 2.24) is 9.88 Å². The Morgan fingerprint density at radius 2 is 1.88 bits per heavy atom. The second kappa shape index (κ2) is 7.41. The molecule has 0 unspecified atom stereocenters. The van der Waals surface area contributed by atoms with Crippen molar-refractivity contribution >= 4 is 17.7 Å². The van der Waals surface area contributed by atoms with E-state index in [0.29, 0.717) is 0 Å². The molecule has 136 valence electrons. The first-order valence-electron chi connectivity index (χ1n) is 9.17.